The Morgan fingerprint density at radius 3 is 2.50 bits per heavy atom. The maximum atomic E-state index is 12.7. The van der Waals surface area contributed by atoms with Crippen LogP contribution in [0.1, 0.15) is 17.0 Å². The highest BCUT2D eigenvalue weighted by Crippen LogP contribution is 2.26. The highest BCUT2D eigenvalue weighted by Gasteiger charge is 2.13. The van der Waals surface area contributed by atoms with Crippen LogP contribution < -0.4 is 15.4 Å². The van der Waals surface area contributed by atoms with Crippen molar-refractivity contribution < 1.29 is 9.53 Å². The number of fused-ring (bicyclic) bond motifs is 1. The molecule has 5 rings (SSSR count). The fourth-order valence-corrected chi connectivity index (χ4v) is 4.37. The molecule has 2 N–H and O–H groups in total. The van der Waals surface area contributed by atoms with E-state index < -0.39 is 0 Å². The Hall–Kier alpha value is -4.58. The molecule has 0 atom stereocenters. The first kappa shape index (κ1) is 23.2. The van der Waals surface area contributed by atoms with Gasteiger partial charge in [-0.25, -0.2) is 9.78 Å². The number of carbonyl (C=O) groups excluding carboxylic acids is 1. The second-order valence-electron chi connectivity index (χ2n) is 8.67. The zero-order valence-electron chi connectivity index (χ0n) is 20.4. The highest BCUT2D eigenvalue weighted by atomic mass is 16.5. The van der Waals surface area contributed by atoms with Crippen LogP contribution in [0.2, 0.25) is 0 Å². The van der Waals surface area contributed by atoms with E-state index in [1.807, 2.05) is 79.7 Å². The predicted octanol–water partition coefficient (Wildman–Crippen LogP) is 6.77. The summed E-state index contributed by atoms with van der Waals surface area (Å²) in [6.07, 6.45) is 1.55. The van der Waals surface area contributed by atoms with E-state index >= 15 is 0 Å². The molecule has 0 fully saturated rings. The lowest BCUT2D eigenvalue weighted by Gasteiger charge is -2.13. The number of hydrogen-bond donors (Lipinski definition) is 2. The van der Waals surface area contributed by atoms with Crippen LogP contribution in [-0.4, -0.2) is 22.7 Å². The van der Waals surface area contributed by atoms with E-state index in [4.69, 9.17) is 9.72 Å². The van der Waals surface area contributed by atoms with Gasteiger partial charge in [-0.2, -0.15) is 0 Å². The number of urea groups is 1. The molecule has 0 radical (unpaired) electrons. The van der Waals surface area contributed by atoms with Crippen LogP contribution in [-0.2, 0) is 12.8 Å². The fraction of sp³-hybridized carbons (Fsp3) is 0.133. The molecule has 0 saturated heterocycles. The van der Waals surface area contributed by atoms with Gasteiger partial charge in [-0.15, -0.1) is 0 Å². The molecule has 2 amide bonds. The molecule has 1 heterocycles. The van der Waals surface area contributed by atoms with Crippen molar-refractivity contribution in [3.63, 3.8) is 0 Å². The number of imidazole rings is 1. The molecule has 0 aliphatic carbocycles. The lowest BCUT2D eigenvalue weighted by molar-refractivity contribution is 0.262. The summed E-state index contributed by atoms with van der Waals surface area (Å²) in [6.45, 7) is 1.97. The van der Waals surface area contributed by atoms with Crippen molar-refractivity contribution in [1.29, 1.82) is 0 Å². The molecule has 6 nitrogen and oxygen atoms in total. The normalized spacial score (nSPS) is 10.8. The van der Waals surface area contributed by atoms with Crippen molar-refractivity contribution in [3.05, 3.63) is 114 Å². The van der Waals surface area contributed by atoms with E-state index in [1.54, 1.807) is 7.11 Å². The first-order chi connectivity index (χ1) is 17.6. The maximum absolute atomic E-state index is 12.7. The number of rotatable bonds is 7. The average Bonchev–Trinajstić information content (AvgIpc) is 3.27. The van der Waals surface area contributed by atoms with Crippen LogP contribution in [0.25, 0.3) is 16.7 Å². The van der Waals surface area contributed by atoms with E-state index in [0.717, 1.165) is 52.2 Å². The average molecular weight is 477 g/mol. The molecule has 0 saturated carbocycles. The summed E-state index contributed by atoms with van der Waals surface area (Å²) in [6, 6.07) is 31.8. The number of amides is 2. The lowest BCUT2D eigenvalue weighted by atomic mass is 10.1. The Labute approximate surface area is 210 Å². The Bertz CT molecular complexity index is 1510. The smallest absolute Gasteiger partial charge is 0.323 e. The molecule has 0 bridgehead atoms. The van der Waals surface area contributed by atoms with Gasteiger partial charge in [0.15, 0.2) is 0 Å². The van der Waals surface area contributed by atoms with Crippen LogP contribution in [0.5, 0.6) is 5.75 Å². The van der Waals surface area contributed by atoms with Gasteiger partial charge in [0, 0.05) is 17.8 Å². The number of anilines is 2. The standard InChI is InChI=1S/C30H28N4O2/c1-21-15-17-28(36-2)26(19-21)33-30(35)31-23-10-8-9-22(20-23)16-18-29-32-25-13-6-7-14-27(25)34(29)24-11-4-3-5-12-24/h3-15,17,19-20H,16,18H2,1-2H3,(H2,31,33,35). The van der Waals surface area contributed by atoms with Gasteiger partial charge in [-0.1, -0.05) is 48.5 Å². The van der Waals surface area contributed by atoms with Gasteiger partial charge in [0.25, 0.3) is 0 Å². The van der Waals surface area contributed by atoms with Crippen molar-refractivity contribution in [2.75, 3.05) is 17.7 Å². The van der Waals surface area contributed by atoms with Gasteiger partial charge in [0.1, 0.15) is 11.6 Å². The zero-order valence-corrected chi connectivity index (χ0v) is 20.4. The molecule has 0 spiro atoms. The second kappa shape index (κ2) is 10.4. The number of para-hydroxylation sites is 3. The van der Waals surface area contributed by atoms with Crippen molar-refractivity contribution in [2.24, 2.45) is 0 Å². The van der Waals surface area contributed by atoms with Gasteiger partial charge in [0.2, 0.25) is 0 Å². The van der Waals surface area contributed by atoms with Gasteiger partial charge in [-0.05, 0) is 73.0 Å². The molecule has 1 aromatic heterocycles. The van der Waals surface area contributed by atoms with Gasteiger partial charge >= 0.3 is 6.03 Å². The first-order valence-corrected chi connectivity index (χ1v) is 11.9. The minimum absolute atomic E-state index is 0.318. The number of nitrogens with zero attached hydrogens (tertiary/aromatic N) is 2. The molecule has 0 aliphatic heterocycles. The lowest BCUT2D eigenvalue weighted by Crippen LogP contribution is -2.20. The van der Waals surface area contributed by atoms with E-state index in [-0.39, 0.29) is 6.03 Å². The number of ether oxygens (including phenoxy) is 1. The van der Waals surface area contributed by atoms with Crippen molar-refractivity contribution >= 4 is 28.4 Å². The molecule has 0 aliphatic rings. The van der Waals surface area contributed by atoms with E-state index in [0.29, 0.717) is 11.4 Å². The van der Waals surface area contributed by atoms with Crippen molar-refractivity contribution in [3.8, 4) is 11.4 Å². The zero-order chi connectivity index (χ0) is 24.9. The number of carbonyl (C=O) groups is 1. The van der Waals surface area contributed by atoms with Gasteiger partial charge in [-0.3, -0.25) is 4.57 Å². The quantitative estimate of drug-likeness (QED) is 0.272. The summed E-state index contributed by atoms with van der Waals surface area (Å²) in [5.41, 5.74) is 6.69. The van der Waals surface area contributed by atoms with Crippen LogP contribution in [0.3, 0.4) is 0 Å². The van der Waals surface area contributed by atoms with Crippen LogP contribution in [0.4, 0.5) is 16.2 Å². The third-order valence-electron chi connectivity index (χ3n) is 6.07. The second-order valence-corrected chi connectivity index (χ2v) is 8.67. The summed E-state index contributed by atoms with van der Waals surface area (Å²) in [5.74, 6) is 1.62. The Kier molecular flexibility index (Phi) is 6.67. The SMILES string of the molecule is COc1ccc(C)cc1NC(=O)Nc1cccc(CCc2nc3ccccc3n2-c2ccccc2)c1. The largest absolute Gasteiger partial charge is 0.495 e. The number of benzene rings is 4. The van der Waals surface area contributed by atoms with Crippen molar-refractivity contribution in [2.45, 2.75) is 19.8 Å². The number of methoxy groups -OCH3 is 1. The molecule has 180 valence electrons. The predicted molar refractivity (Wildman–Crippen MR) is 145 cm³/mol. The van der Waals surface area contributed by atoms with E-state index in [1.165, 1.54) is 0 Å². The van der Waals surface area contributed by atoms with Crippen molar-refractivity contribution in [1.82, 2.24) is 9.55 Å². The molecular formula is C30H28N4O2. The summed E-state index contributed by atoms with van der Waals surface area (Å²) in [5, 5.41) is 5.81. The fourth-order valence-electron chi connectivity index (χ4n) is 4.37. The minimum Gasteiger partial charge on any atom is -0.495 e. The Morgan fingerprint density at radius 2 is 1.67 bits per heavy atom. The third-order valence-corrected chi connectivity index (χ3v) is 6.07. The van der Waals surface area contributed by atoms with E-state index in [9.17, 15) is 4.79 Å². The molecule has 0 unspecified atom stereocenters. The summed E-state index contributed by atoms with van der Waals surface area (Å²) in [4.78, 5) is 17.6. The number of hydrogen-bond acceptors (Lipinski definition) is 3. The third kappa shape index (κ3) is 5.08. The summed E-state index contributed by atoms with van der Waals surface area (Å²) < 4.78 is 7.58. The topological polar surface area (TPSA) is 68.2 Å². The number of aromatic nitrogens is 2. The maximum Gasteiger partial charge on any atom is 0.323 e. The van der Waals surface area contributed by atoms with Gasteiger partial charge in [0.05, 0.1) is 23.8 Å². The molecule has 6 heteroatoms. The van der Waals surface area contributed by atoms with E-state index in [2.05, 4.69) is 39.5 Å². The van der Waals surface area contributed by atoms with Crippen LogP contribution in [0, 0.1) is 6.92 Å². The molecular weight excluding hydrogens is 448 g/mol. The minimum atomic E-state index is -0.318. The van der Waals surface area contributed by atoms with Gasteiger partial charge < -0.3 is 15.4 Å². The molecule has 4 aromatic carbocycles. The Balaban J connectivity index is 1.31. The summed E-state index contributed by atoms with van der Waals surface area (Å²) >= 11 is 0. The van der Waals surface area contributed by atoms with Crippen LogP contribution in [0.15, 0.2) is 97.1 Å². The molecule has 36 heavy (non-hydrogen) atoms. The summed E-state index contributed by atoms with van der Waals surface area (Å²) in [7, 11) is 1.59. The first-order valence-electron chi connectivity index (χ1n) is 11.9. The Morgan fingerprint density at radius 1 is 0.861 bits per heavy atom. The number of aryl methyl sites for hydroxylation is 3. The van der Waals surface area contributed by atoms with Crippen LogP contribution >= 0.6 is 0 Å². The number of nitrogens with one attached hydrogen (secondary N) is 2. The molecule has 5 aromatic rings. The highest BCUT2D eigenvalue weighted by molar-refractivity contribution is 6.00. The monoisotopic (exact) mass is 476 g/mol.